The van der Waals surface area contributed by atoms with Crippen LogP contribution in [-0.2, 0) is 24.3 Å². The maximum atomic E-state index is 12.6. The number of sulfonamides is 1. The number of carbonyl (C=O) groups is 3. The average molecular weight is 492 g/mol. The van der Waals surface area contributed by atoms with Crippen LogP contribution in [0.2, 0.25) is 0 Å². The predicted molar refractivity (Wildman–Crippen MR) is 126 cm³/mol. The minimum absolute atomic E-state index is 0.126. The summed E-state index contributed by atoms with van der Waals surface area (Å²) in [7, 11) is -3.96. The van der Waals surface area contributed by atoms with Gasteiger partial charge in [-0.2, -0.15) is 0 Å². The first kappa shape index (κ1) is 26.8. The van der Waals surface area contributed by atoms with Gasteiger partial charge in [0.15, 0.2) is 6.61 Å². The van der Waals surface area contributed by atoms with Crippen LogP contribution in [0.25, 0.3) is 0 Å². The first-order valence-corrected chi connectivity index (χ1v) is 12.1. The molecule has 0 spiro atoms. The fourth-order valence-electron chi connectivity index (χ4n) is 3.00. The minimum atomic E-state index is -3.96. The highest BCUT2D eigenvalue weighted by Gasteiger charge is 2.27. The number of amides is 2. The van der Waals surface area contributed by atoms with Crippen LogP contribution >= 0.6 is 0 Å². The molecule has 0 heterocycles. The zero-order chi connectivity index (χ0) is 25.5. The number of benzene rings is 2. The van der Waals surface area contributed by atoms with Crippen molar-refractivity contribution in [2.45, 2.75) is 38.6 Å². The lowest BCUT2D eigenvalue weighted by molar-refractivity contribution is -0.150. The van der Waals surface area contributed by atoms with E-state index in [-0.39, 0.29) is 16.5 Å². The van der Waals surface area contributed by atoms with Gasteiger partial charge in [0.05, 0.1) is 11.5 Å². The lowest BCUT2D eigenvalue weighted by Crippen LogP contribution is -2.45. The van der Waals surface area contributed by atoms with E-state index in [0.717, 1.165) is 0 Å². The molecule has 2 aromatic carbocycles. The van der Waals surface area contributed by atoms with Crippen LogP contribution in [0.4, 0.5) is 5.69 Å². The third kappa shape index (κ3) is 7.56. The van der Waals surface area contributed by atoms with E-state index in [2.05, 4.69) is 10.6 Å². The number of ether oxygens (including phenoxy) is 2. The van der Waals surface area contributed by atoms with Crippen molar-refractivity contribution in [3.8, 4) is 5.75 Å². The van der Waals surface area contributed by atoms with Crippen molar-refractivity contribution in [2.24, 2.45) is 11.1 Å². The molecule has 0 aromatic heterocycles. The van der Waals surface area contributed by atoms with Crippen LogP contribution in [0.15, 0.2) is 47.4 Å². The van der Waals surface area contributed by atoms with Crippen LogP contribution in [-0.4, -0.2) is 45.5 Å². The number of nitrogens with one attached hydrogen (secondary N) is 2. The Morgan fingerprint density at radius 2 is 1.71 bits per heavy atom. The highest BCUT2D eigenvalue weighted by Crippen LogP contribution is 2.19. The predicted octanol–water partition coefficient (Wildman–Crippen LogP) is 1.98. The third-order valence-electron chi connectivity index (χ3n) is 4.76. The van der Waals surface area contributed by atoms with Gasteiger partial charge in [-0.1, -0.05) is 19.9 Å². The summed E-state index contributed by atoms with van der Waals surface area (Å²) in [5.41, 5.74) is 0.944. The van der Waals surface area contributed by atoms with Crippen molar-refractivity contribution < 1.29 is 32.3 Å². The molecule has 0 saturated heterocycles. The molecule has 2 rings (SSSR count). The third-order valence-corrected chi connectivity index (χ3v) is 5.81. The van der Waals surface area contributed by atoms with Gasteiger partial charge in [-0.05, 0) is 61.7 Å². The number of esters is 1. The van der Waals surface area contributed by atoms with E-state index in [0.29, 0.717) is 23.5 Å². The molecule has 2 aromatic rings. The van der Waals surface area contributed by atoms with Gasteiger partial charge in [0, 0.05) is 11.3 Å². The molecule has 0 bridgehead atoms. The Hall–Kier alpha value is -3.44. The van der Waals surface area contributed by atoms with E-state index in [1.54, 1.807) is 45.0 Å². The Bertz CT molecular complexity index is 1150. The molecule has 0 unspecified atom stereocenters. The van der Waals surface area contributed by atoms with Crippen molar-refractivity contribution in [1.29, 1.82) is 0 Å². The number of nitrogens with two attached hydrogens (primary N) is 1. The number of carbonyl (C=O) groups excluding carboxylic acids is 3. The van der Waals surface area contributed by atoms with Gasteiger partial charge in [0.2, 0.25) is 10.0 Å². The van der Waals surface area contributed by atoms with Crippen molar-refractivity contribution >= 4 is 33.5 Å². The van der Waals surface area contributed by atoms with E-state index in [1.165, 1.54) is 18.2 Å². The smallest absolute Gasteiger partial charge is 0.329 e. The van der Waals surface area contributed by atoms with Crippen LogP contribution in [0.1, 0.15) is 36.7 Å². The van der Waals surface area contributed by atoms with Gasteiger partial charge in [-0.15, -0.1) is 0 Å². The standard InChI is InChI=1S/C23H29N3O7S/c1-5-32-18-10-7-16(8-11-18)22(28)26-21(14(2)3)23(29)33-13-20(27)25-17-9-6-15(4)19(12-17)34(24,30)31/h6-12,14,21H,5,13H2,1-4H3,(H,25,27)(H,26,28)(H2,24,30,31)/t21-/m0/s1. The van der Waals surface area contributed by atoms with E-state index >= 15 is 0 Å². The number of anilines is 1. The maximum Gasteiger partial charge on any atom is 0.329 e. The van der Waals surface area contributed by atoms with E-state index in [4.69, 9.17) is 14.6 Å². The fourth-order valence-corrected chi connectivity index (χ4v) is 3.81. The largest absolute Gasteiger partial charge is 0.494 e. The molecule has 0 aliphatic carbocycles. The number of hydrogen-bond donors (Lipinski definition) is 3. The van der Waals surface area contributed by atoms with Crippen LogP contribution < -0.4 is 20.5 Å². The average Bonchev–Trinajstić information content (AvgIpc) is 2.76. The van der Waals surface area contributed by atoms with Gasteiger partial charge in [0.1, 0.15) is 11.8 Å². The molecule has 0 fully saturated rings. The second kappa shape index (κ2) is 11.6. The Labute approximate surface area is 198 Å². The SMILES string of the molecule is CCOc1ccc(C(=O)N[C@H](C(=O)OCC(=O)Nc2ccc(C)c(S(N)(=O)=O)c2)C(C)C)cc1. The summed E-state index contributed by atoms with van der Waals surface area (Å²) in [6.07, 6.45) is 0. The maximum absolute atomic E-state index is 12.6. The fraction of sp³-hybridized carbons (Fsp3) is 0.348. The lowest BCUT2D eigenvalue weighted by atomic mass is 10.0. The lowest BCUT2D eigenvalue weighted by Gasteiger charge is -2.21. The molecule has 4 N–H and O–H groups in total. The number of hydrogen-bond acceptors (Lipinski definition) is 7. The summed E-state index contributed by atoms with van der Waals surface area (Å²) in [6.45, 7) is 6.75. The van der Waals surface area contributed by atoms with Crippen LogP contribution in [0, 0.1) is 12.8 Å². The molecule has 2 amide bonds. The van der Waals surface area contributed by atoms with Gasteiger partial charge in [0.25, 0.3) is 11.8 Å². The van der Waals surface area contributed by atoms with Crippen molar-refractivity contribution in [2.75, 3.05) is 18.5 Å². The molecule has 34 heavy (non-hydrogen) atoms. The van der Waals surface area contributed by atoms with Gasteiger partial charge in [-0.25, -0.2) is 18.4 Å². The highest BCUT2D eigenvalue weighted by atomic mass is 32.2. The number of primary sulfonamides is 1. The van der Waals surface area contributed by atoms with E-state index in [1.807, 2.05) is 6.92 Å². The quantitative estimate of drug-likeness (QED) is 0.429. The van der Waals surface area contributed by atoms with Crippen molar-refractivity contribution in [3.05, 3.63) is 53.6 Å². The summed E-state index contributed by atoms with van der Waals surface area (Å²) in [4.78, 5) is 37.2. The summed E-state index contributed by atoms with van der Waals surface area (Å²) >= 11 is 0. The number of aryl methyl sites for hydroxylation is 1. The monoisotopic (exact) mass is 491 g/mol. The first-order chi connectivity index (χ1) is 15.9. The van der Waals surface area contributed by atoms with Gasteiger partial charge < -0.3 is 20.1 Å². The highest BCUT2D eigenvalue weighted by molar-refractivity contribution is 7.89. The zero-order valence-electron chi connectivity index (χ0n) is 19.5. The summed E-state index contributed by atoms with van der Waals surface area (Å²) in [6, 6.07) is 9.68. The van der Waals surface area contributed by atoms with Gasteiger partial charge >= 0.3 is 5.97 Å². The minimum Gasteiger partial charge on any atom is -0.494 e. The molecule has 10 nitrogen and oxygen atoms in total. The Morgan fingerprint density at radius 3 is 2.26 bits per heavy atom. The van der Waals surface area contributed by atoms with Crippen molar-refractivity contribution in [3.63, 3.8) is 0 Å². The molecule has 0 aliphatic rings. The molecule has 0 saturated carbocycles. The summed E-state index contributed by atoms with van der Waals surface area (Å²) in [5, 5.41) is 10.2. The van der Waals surface area contributed by atoms with Crippen molar-refractivity contribution in [1.82, 2.24) is 5.32 Å². The molecule has 11 heteroatoms. The number of rotatable bonds is 10. The Morgan fingerprint density at radius 1 is 1.06 bits per heavy atom. The van der Waals surface area contributed by atoms with Gasteiger partial charge in [-0.3, -0.25) is 9.59 Å². The second-order valence-corrected chi connectivity index (χ2v) is 9.36. The topological polar surface area (TPSA) is 154 Å². The molecular formula is C23H29N3O7S. The summed E-state index contributed by atoms with van der Waals surface area (Å²) in [5.74, 6) is -1.62. The second-order valence-electron chi connectivity index (χ2n) is 7.83. The van der Waals surface area contributed by atoms with E-state index in [9.17, 15) is 22.8 Å². The molecule has 0 radical (unpaired) electrons. The zero-order valence-corrected chi connectivity index (χ0v) is 20.3. The Balaban J connectivity index is 1.98. The summed E-state index contributed by atoms with van der Waals surface area (Å²) < 4.78 is 33.7. The molecule has 0 aliphatic heterocycles. The normalized spacial score (nSPS) is 12.1. The Kier molecular flexibility index (Phi) is 9.16. The molecular weight excluding hydrogens is 462 g/mol. The molecule has 184 valence electrons. The molecule has 1 atom stereocenters. The first-order valence-electron chi connectivity index (χ1n) is 10.6. The van der Waals surface area contributed by atoms with Crippen LogP contribution in [0.3, 0.4) is 0 Å². The van der Waals surface area contributed by atoms with Crippen LogP contribution in [0.5, 0.6) is 5.75 Å². The van der Waals surface area contributed by atoms with E-state index < -0.39 is 40.5 Å².